The first-order chi connectivity index (χ1) is 7.13. The van der Waals surface area contributed by atoms with Gasteiger partial charge in [-0.15, -0.1) is 0 Å². The highest BCUT2D eigenvalue weighted by Gasteiger charge is 2.18. The molecule has 1 aliphatic heterocycles. The van der Waals surface area contributed by atoms with Crippen molar-refractivity contribution < 1.29 is 0 Å². The summed E-state index contributed by atoms with van der Waals surface area (Å²) in [6, 6.07) is 0. The first-order valence-electron chi connectivity index (χ1n) is 6.10. The van der Waals surface area contributed by atoms with Crippen LogP contribution >= 0.6 is 15.9 Å². The van der Waals surface area contributed by atoms with Crippen LogP contribution in [0, 0.1) is 11.8 Å². The van der Waals surface area contributed by atoms with Gasteiger partial charge in [0.25, 0.3) is 0 Å². The molecule has 0 radical (unpaired) electrons. The number of rotatable bonds is 4. The zero-order valence-electron chi connectivity index (χ0n) is 10.4. The van der Waals surface area contributed by atoms with Crippen molar-refractivity contribution in [2.45, 2.75) is 20.3 Å². The maximum atomic E-state index is 3.64. The molecule has 0 aliphatic carbocycles. The largest absolute Gasteiger partial charge is 0.305 e. The molecule has 1 heterocycles. The molecular weight excluding hydrogens is 252 g/mol. The van der Waals surface area contributed by atoms with Gasteiger partial charge >= 0.3 is 0 Å². The molecule has 1 atom stereocenters. The molecule has 0 aromatic rings. The summed E-state index contributed by atoms with van der Waals surface area (Å²) in [5.41, 5.74) is 0. The van der Waals surface area contributed by atoms with Gasteiger partial charge in [0.05, 0.1) is 0 Å². The molecule has 1 fully saturated rings. The van der Waals surface area contributed by atoms with Crippen LogP contribution in [0.5, 0.6) is 0 Å². The van der Waals surface area contributed by atoms with Crippen LogP contribution < -0.4 is 0 Å². The smallest absolute Gasteiger partial charge is 0.0109 e. The van der Waals surface area contributed by atoms with Gasteiger partial charge < -0.3 is 9.80 Å². The number of likely N-dealkylation sites (N-methyl/N-ethyl adjacent to an activating group) is 1. The van der Waals surface area contributed by atoms with Crippen molar-refractivity contribution in [1.82, 2.24) is 9.80 Å². The van der Waals surface area contributed by atoms with Gasteiger partial charge in [0.2, 0.25) is 0 Å². The second-order valence-corrected chi connectivity index (χ2v) is 5.76. The van der Waals surface area contributed by atoms with E-state index in [1.54, 1.807) is 0 Å². The van der Waals surface area contributed by atoms with Crippen molar-refractivity contribution in [1.29, 1.82) is 0 Å². The quantitative estimate of drug-likeness (QED) is 0.727. The lowest BCUT2D eigenvalue weighted by molar-refractivity contribution is 0.219. The van der Waals surface area contributed by atoms with E-state index in [4.69, 9.17) is 0 Å². The number of halogens is 1. The number of hydrogen-bond acceptors (Lipinski definition) is 2. The maximum absolute atomic E-state index is 3.64. The summed E-state index contributed by atoms with van der Waals surface area (Å²) in [7, 11) is 2.23. The van der Waals surface area contributed by atoms with Gasteiger partial charge in [-0.25, -0.2) is 0 Å². The van der Waals surface area contributed by atoms with Crippen molar-refractivity contribution in [2.24, 2.45) is 11.8 Å². The molecule has 2 nitrogen and oxygen atoms in total. The van der Waals surface area contributed by atoms with Crippen LogP contribution in [0.25, 0.3) is 0 Å². The van der Waals surface area contributed by atoms with E-state index in [2.05, 4.69) is 46.6 Å². The molecule has 3 heteroatoms. The molecule has 0 aromatic heterocycles. The molecule has 90 valence electrons. The van der Waals surface area contributed by atoms with Gasteiger partial charge in [-0.1, -0.05) is 29.8 Å². The molecule has 0 saturated carbocycles. The molecule has 0 spiro atoms. The fourth-order valence-electron chi connectivity index (χ4n) is 2.05. The summed E-state index contributed by atoms with van der Waals surface area (Å²) < 4.78 is 0. The maximum Gasteiger partial charge on any atom is 0.0109 e. The molecule has 0 amide bonds. The summed E-state index contributed by atoms with van der Waals surface area (Å²) in [4.78, 5) is 5.08. The summed E-state index contributed by atoms with van der Waals surface area (Å²) >= 11 is 3.64. The van der Waals surface area contributed by atoms with Crippen LogP contribution in [0.3, 0.4) is 0 Å². The molecule has 1 unspecified atom stereocenters. The topological polar surface area (TPSA) is 6.48 Å². The molecule has 1 saturated heterocycles. The van der Waals surface area contributed by atoms with E-state index in [0.717, 1.165) is 17.2 Å². The van der Waals surface area contributed by atoms with Gasteiger partial charge in [0, 0.05) is 25.0 Å². The molecule has 15 heavy (non-hydrogen) atoms. The lowest BCUT2D eigenvalue weighted by atomic mass is 9.97. The zero-order valence-corrected chi connectivity index (χ0v) is 12.0. The van der Waals surface area contributed by atoms with Crippen LogP contribution in [-0.4, -0.2) is 54.9 Å². The predicted octanol–water partition coefficient (Wildman–Crippen LogP) is 2.29. The van der Waals surface area contributed by atoms with Crippen molar-refractivity contribution >= 4 is 15.9 Å². The van der Waals surface area contributed by atoms with E-state index in [1.165, 1.54) is 39.1 Å². The van der Waals surface area contributed by atoms with Crippen molar-refractivity contribution in [3.8, 4) is 0 Å². The fraction of sp³-hybridized carbons (Fsp3) is 1.00. The number of alkyl halides is 1. The average molecular weight is 277 g/mol. The highest BCUT2D eigenvalue weighted by Crippen LogP contribution is 2.16. The SMILES string of the molecule is CC(C)C(CBr)CN1CCCN(C)CC1. The molecular formula is C12H25BrN2. The Morgan fingerprint density at radius 1 is 1.13 bits per heavy atom. The highest BCUT2D eigenvalue weighted by atomic mass is 79.9. The Hall–Kier alpha value is 0.400. The van der Waals surface area contributed by atoms with Crippen molar-refractivity contribution in [3.05, 3.63) is 0 Å². The Morgan fingerprint density at radius 2 is 1.87 bits per heavy atom. The summed E-state index contributed by atoms with van der Waals surface area (Å²) in [6.07, 6.45) is 1.32. The average Bonchev–Trinajstić information content (AvgIpc) is 2.39. The Morgan fingerprint density at radius 3 is 2.47 bits per heavy atom. The Balaban J connectivity index is 2.36. The third-order valence-corrected chi connectivity index (χ3v) is 4.28. The lowest BCUT2D eigenvalue weighted by Gasteiger charge is -2.27. The van der Waals surface area contributed by atoms with E-state index >= 15 is 0 Å². The van der Waals surface area contributed by atoms with E-state index in [0.29, 0.717) is 0 Å². The van der Waals surface area contributed by atoms with Gasteiger partial charge in [-0.3, -0.25) is 0 Å². The minimum absolute atomic E-state index is 0.783. The van der Waals surface area contributed by atoms with Crippen molar-refractivity contribution in [3.63, 3.8) is 0 Å². The Bertz CT molecular complexity index is 173. The normalized spacial score (nSPS) is 23.0. The second-order valence-electron chi connectivity index (χ2n) is 5.12. The highest BCUT2D eigenvalue weighted by molar-refractivity contribution is 9.09. The van der Waals surface area contributed by atoms with Gasteiger partial charge in [0.1, 0.15) is 0 Å². The Labute approximate surface area is 103 Å². The van der Waals surface area contributed by atoms with Crippen LogP contribution in [-0.2, 0) is 0 Å². The van der Waals surface area contributed by atoms with E-state index < -0.39 is 0 Å². The second kappa shape index (κ2) is 6.87. The lowest BCUT2D eigenvalue weighted by Crippen LogP contribution is -2.35. The summed E-state index contributed by atoms with van der Waals surface area (Å²) in [5.74, 6) is 1.58. The van der Waals surface area contributed by atoms with Gasteiger partial charge in [-0.2, -0.15) is 0 Å². The minimum Gasteiger partial charge on any atom is -0.305 e. The van der Waals surface area contributed by atoms with Gasteiger partial charge in [-0.05, 0) is 38.4 Å². The van der Waals surface area contributed by atoms with Crippen LogP contribution in [0.2, 0.25) is 0 Å². The van der Waals surface area contributed by atoms with Crippen LogP contribution in [0.4, 0.5) is 0 Å². The van der Waals surface area contributed by atoms with Crippen molar-refractivity contribution in [2.75, 3.05) is 45.1 Å². The standard InChI is InChI=1S/C12H25BrN2/c1-11(2)12(9-13)10-15-6-4-5-14(3)7-8-15/h11-12H,4-10H2,1-3H3. The summed E-state index contributed by atoms with van der Waals surface area (Å²) in [6.45, 7) is 10.9. The third kappa shape index (κ3) is 4.83. The molecule has 0 bridgehead atoms. The zero-order chi connectivity index (χ0) is 11.3. The molecule has 0 N–H and O–H groups in total. The predicted molar refractivity (Wildman–Crippen MR) is 70.7 cm³/mol. The van der Waals surface area contributed by atoms with E-state index in [1.807, 2.05) is 0 Å². The first-order valence-corrected chi connectivity index (χ1v) is 7.22. The van der Waals surface area contributed by atoms with Gasteiger partial charge in [0.15, 0.2) is 0 Å². The van der Waals surface area contributed by atoms with E-state index in [9.17, 15) is 0 Å². The first kappa shape index (κ1) is 13.5. The molecule has 1 aliphatic rings. The number of nitrogens with zero attached hydrogens (tertiary/aromatic N) is 2. The fourth-order valence-corrected chi connectivity index (χ4v) is 3.00. The number of hydrogen-bond donors (Lipinski definition) is 0. The molecule has 0 aromatic carbocycles. The third-order valence-electron chi connectivity index (χ3n) is 3.45. The van der Waals surface area contributed by atoms with E-state index in [-0.39, 0.29) is 0 Å². The molecule has 1 rings (SSSR count). The van der Waals surface area contributed by atoms with Crippen LogP contribution in [0.1, 0.15) is 20.3 Å². The van der Waals surface area contributed by atoms with Crippen LogP contribution in [0.15, 0.2) is 0 Å². The monoisotopic (exact) mass is 276 g/mol. The minimum atomic E-state index is 0.783. The summed E-state index contributed by atoms with van der Waals surface area (Å²) in [5, 5.41) is 1.14. The Kier molecular flexibility index (Phi) is 6.17.